The topological polar surface area (TPSA) is 57.5 Å². The van der Waals surface area contributed by atoms with Crippen LogP contribution < -0.4 is 0 Å². The second-order valence-electron chi connectivity index (χ2n) is 10.2. The largest absolute Gasteiger partial charge is 0.481 e. The van der Waals surface area contributed by atoms with Gasteiger partial charge in [-0.25, -0.2) is 0 Å². The molecule has 3 nitrogen and oxygen atoms in total. The van der Waals surface area contributed by atoms with E-state index in [1.54, 1.807) is 0 Å². The van der Waals surface area contributed by atoms with E-state index in [2.05, 4.69) is 6.92 Å². The van der Waals surface area contributed by atoms with Gasteiger partial charge in [0, 0.05) is 6.42 Å². The predicted octanol–water partition coefficient (Wildman–Crippen LogP) is 9.59. The molecule has 0 heterocycles. The van der Waals surface area contributed by atoms with E-state index >= 15 is 0 Å². The summed E-state index contributed by atoms with van der Waals surface area (Å²) in [7, 11) is 0. The Bertz CT molecular complexity index is 369. The summed E-state index contributed by atoms with van der Waals surface area (Å²) in [4.78, 5) is 10.4. The average Bonchev–Trinajstić information content (AvgIpc) is 2.77. The Labute approximate surface area is 201 Å². The zero-order valence-corrected chi connectivity index (χ0v) is 21.8. The summed E-state index contributed by atoms with van der Waals surface area (Å²) in [6.45, 7) is 2.25. The molecule has 0 fully saturated rings. The van der Waals surface area contributed by atoms with Crippen molar-refractivity contribution in [2.24, 2.45) is 0 Å². The number of unbranched alkanes of at least 4 members (excludes halogenated alkanes) is 21. The second kappa shape index (κ2) is 26.7. The van der Waals surface area contributed by atoms with Crippen LogP contribution in [0.5, 0.6) is 0 Å². The lowest BCUT2D eigenvalue weighted by Crippen LogP contribution is -2.05. The van der Waals surface area contributed by atoms with Gasteiger partial charge in [0.1, 0.15) is 0 Å². The summed E-state index contributed by atoms with van der Waals surface area (Å²) < 4.78 is 0. The number of carboxylic acids is 1. The van der Waals surface area contributed by atoms with E-state index in [0.717, 1.165) is 25.7 Å². The van der Waals surface area contributed by atoms with E-state index in [1.165, 1.54) is 135 Å². The molecule has 0 aliphatic carbocycles. The molecule has 0 saturated heterocycles. The number of aliphatic hydroxyl groups is 1. The molecule has 0 amide bonds. The molecule has 1 unspecified atom stereocenters. The predicted molar refractivity (Wildman–Crippen MR) is 139 cm³/mol. The molecule has 0 spiro atoms. The molecular formula is C29H58O3. The van der Waals surface area contributed by atoms with Crippen molar-refractivity contribution in [1.82, 2.24) is 0 Å². The van der Waals surface area contributed by atoms with Crippen LogP contribution >= 0.6 is 0 Å². The molecule has 0 aliphatic rings. The fourth-order valence-electron chi connectivity index (χ4n) is 4.61. The zero-order chi connectivity index (χ0) is 23.5. The third-order valence-electron chi connectivity index (χ3n) is 6.82. The third kappa shape index (κ3) is 27.5. The lowest BCUT2D eigenvalue weighted by atomic mass is 10.0. The monoisotopic (exact) mass is 454 g/mol. The molecule has 0 aromatic carbocycles. The SMILES string of the molecule is CCCCCCCC(O)CCCCCCCCCCCCCCCCCCCCC(=O)O. The number of carbonyl (C=O) groups is 1. The van der Waals surface area contributed by atoms with Gasteiger partial charge in [0.05, 0.1) is 6.10 Å². The van der Waals surface area contributed by atoms with Gasteiger partial charge in [0.15, 0.2) is 0 Å². The van der Waals surface area contributed by atoms with Crippen LogP contribution in [0.4, 0.5) is 0 Å². The first kappa shape index (κ1) is 31.4. The van der Waals surface area contributed by atoms with E-state index in [-0.39, 0.29) is 6.10 Å². The normalized spacial score (nSPS) is 12.3. The number of hydrogen-bond donors (Lipinski definition) is 2. The van der Waals surface area contributed by atoms with Crippen molar-refractivity contribution in [1.29, 1.82) is 0 Å². The minimum absolute atomic E-state index is 0.0490. The lowest BCUT2D eigenvalue weighted by Gasteiger charge is -2.10. The summed E-state index contributed by atoms with van der Waals surface area (Å²) in [5, 5.41) is 18.6. The highest BCUT2D eigenvalue weighted by Gasteiger charge is 2.03. The minimum atomic E-state index is -0.657. The van der Waals surface area contributed by atoms with Crippen LogP contribution in [0.25, 0.3) is 0 Å². The molecule has 0 saturated carbocycles. The van der Waals surface area contributed by atoms with Crippen LogP contribution in [-0.4, -0.2) is 22.3 Å². The Balaban J connectivity index is 3.09. The van der Waals surface area contributed by atoms with Crippen molar-refractivity contribution in [3.63, 3.8) is 0 Å². The summed E-state index contributed by atoms with van der Waals surface area (Å²) in [6.07, 6.45) is 32.3. The molecule has 0 radical (unpaired) electrons. The van der Waals surface area contributed by atoms with Crippen molar-refractivity contribution < 1.29 is 15.0 Å². The molecule has 0 aromatic rings. The molecule has 1 atom stereocenters. The number of carboxylic acid groups (broad SMARTS) is 1. The van der Waals surface area contributed by atoms with Gasteiger partial charge < -0.3 is 10.2 Å². The minimum Gasteiger partial charge on any atom is -0.481 e. The van der Waals surface area contributed by atoms with E-state index in [9.17, 15) is 9.90 Å². The Morgan fingerprint density at radius 2 is 0.781 bits per heavy atom. The molecule has 0 aliphatic heterocycles. The maximum atomic E-state index is 10.4. The summed E-state index contributed by atoms with van der Waals surface area (Å²) in [5.74, 6) is -0.657. The molecule has 32 heavy (non-hydrogen) atoms. The maximum Gasteiger partial charge on any atom is 0.303 e. The number of rotatable bonds is 27. The Morgan fingerprint density at radius 1 is 0.500 bits per heavy atom. The lowest BCUT2D eigenvalue weighted by molar-refractivity contribution is -0.137. The molecule has 0 aromatic heterocycles. The van der Waals surface area contributed by atoms with Crippen molar-refractivity contribution in [3.05, 3.63) is 0 Å². The second-order valence-corrected chi connectivity index (χ2v) is 10.2. The summed E-state index contributed by atoms with van der Waals surface area (Å²) >= 11 is 0. The van der Waals surface area contributed by atoms with Gasteiger partial charge in [-0.05, 0) is 19.3 Å². The zero-order valence-electron chi connectivity index (χ0n) is 21.8. The van der Waals surface area contributed by atoms with Crippen molar-refractivity contribution in [2.45, 2.75) is 180 Å². The molecule has 0 bridgehead atoms. The highest BCUT2D eigenvalue weighted by molar-refractivity contribution is 5.66. The van der Waals surface area contributed by atoms with Gasteiger partial charge in [-0.3, -0.25) is 4.79 Å². The van der Waals surface area contributed by atoms with Gasteiger partial charge in [-0.2, -0.15) is 0 Å². The van der Waals surface area contributed by atoms with Crippen LogP contribution in [0.1, 0.15) is 174 Å². The molecule has 3 heteroatoms. The molecule has 2 N–H and O–H groups in total. The fraction of sp³-hybridized carbons (Fsp3) is 0.966. The van der Waals surface area contributed by atoms with Gasteiger partial charge in [-0.15, -0.1) is 0 Å². The quantitative estimate of drug-likeness (QED) is 0.121. The number of aliphatic hydroxyl groups excluding tert-OH is 1. The molecular weight excluding hydrogens is 396 g/mol. The Morgan fingerprint density at radius 3 is 1.09 bits per heavy atom. The molecule has 192 valence electrons. The van der Waals surface area contributed by atoms with Crippen molar-refractivity contribution in [2.75, 3.05) is 0 Å². The Kier molecular flexibility index (Phi) is 26.2. The average molecular weight is 455 g/mol. The number of hydrogen-bond acceptors (Lipinski definition) is 2. The van der Waals surface area contributed by atoms with Crippen molar-refractivity contribution >= 4 is 5.97 Å². The highest BCUT2D eigenvalue weighted by Crippen LogP contribution is 2.16. The van der Waals surface area contributed by atoms with Crippen LogP contribution in [0.15, 0.2) is 0 Å². The van der Waals surface area contributed by atoms with E-state index in [4.69, 9.17) is 5.11 Å². The third-order valence-corrected chi connectivity index (χ3v) is 6.82. The first-order valence-corrected chi connectivity index (χ1v) is 14.6. The van der Waals surface area contributed by atoms with Crippen LogP contribution in [0.2, 0.25) is 0 Å². The highest BCUT2D eigenvalue weighted by atomic mass is 16.4. The van der Waals surface area contributed by atoms with Gasteiger partial charge in [0.25, 0.3) is 0 Å². The van der Waals surface area contributed by atoms with Crippen LogP contribution in [0.3, 0.4) is 0 Å². The fourth-order valence-corrected chi connectivity index (χ4v) is 4.61. The van der Waals surface area contributed by atoms with E-state index in [0.29, 0.717) is 6.42 Å². The first-order valence-electron chi connectivity index (χ1n) is 14.6. The smallest absolute Gasteiger partial charge is 0.303 e. The summed E-state index contributed by atoms with van der Waals surface area (Å²) in [6, 6.07) is 0. The van der Waals surface area contributed by atoms with E-state index in [1.807, 2.05) is 0 Å². The van der Waals surface area contributed by atoms with Crippen LogP contribution in [0, 0.1) is 0 Å². The summed E-state index contributed by atoms with van der Waals surface area (Å²) in [5.41, 5.74) is 0. The van der Waals surface area contributed by atoms with Gasteiger partial charge in [-0.1, -0.05) is 148 Å². The Hall–Kier alpha value is -0.570. The van der Waals surface area contributed by atoms with Gasteiger partial charge in [0.2, 0.25) is 0 Å². The van der Waals surface area contributed by atoms with Gasteiger partial charge >= 0.3 is 5.97 Å². The van der Waals surface area contributed by atoms with E-state index < -0.39 is 5.97 Å². The number of aliphatic carboxylic acids is 1. The molecule has 0 rings (SSSR count). The van der Waals surface area contributed by atoms with Crippen LogP contribution in [-0.2, 0) is 4.79 Å². The van der Waals surface area contributed by atoms with Crippen molar-refractivity contribution in [3.8, 4) is 0 Å². The maximum absolute atomic E-state index is 10.4. The first-order chi connectivity index (χ1) is 15.7. The standard InChI is InChI=1S/C29H58O3/c1-2-3-4-19-22-25-28(30)26-23-20-17-15-13-11-9-7-5-6-8-10-12-14-16-18-21-24-27-29(31)32/h28,30H,2-27H2,1H3,(H,31,32).